The number of rotatable bonds is 9. The van der Waals surface area contributed by atoms with Crippen LogP contribution in [0.3, 0.4) is 0 Å². The summed E-state index contributed by atoms with van der Waals surface area (Å²) < 4.78 is 5.55. The number of nitrogens with one attached hydrogen (secondary N) is 1. The van der Waals surface area contributed by atoms with E-state index in [0.29, 0.717) is 11.8 Å². The molecule has 2 saturated heterocycles. The first-order valence-corrected chi connectivity index (χ1v) is 18.0. The molecule has 0 bridgehead atoms. The van der Waals surface area contributed by atoms with Gasteiger partial charge in [0.25, 0.3) is 5.91 Å². The van der Waals surface area contributed by atoms with Crippen LogP contribution in [0.5, 0.6) is 0 Å². The van der Waals surface area contributed by atoms with E-state index < -0.39 is 0 Å². The van der Waals surface area contributed by atoms with Gasteiger partial charge in [0, 0.05) is 55.8 Å². The summed E-state index contributed by atoms with van der Waals surface area (Å²) >= 11 is 0. The van der Waals surface area contributed by atoms with Gasteiger partial charge in [-0.3, -0.25) is 19.6 Å². The van der Waals surface area contributed by atoms with Crippen LogP contribution in [-0.2, 0) is 16.1 Å². The minimum absolute atomic E-state index is 0.0306. The number of morpholine rings is 1. The number of carbonyl (C=O) groups excluding carboxylic acids is 1. The Morgan fingerprint density at radius 3 is 2.41 bits per heavy atom. The fourth-order valence-electron chi connectivity index (χ4n) is 7.66. The Bertz CT molecular complexity index is 1480. The monoisotopic (exact) mass is 622 g/mol. The standard InChI is InChI=1S/C40H54N4O2/c1-5-31-10-13-36(14-11-34(31)27-43-16-7-17-43)42-40(45)39-32(6-2)9-8-28(3)29(4)37-15-12-33(23-38(37)39)35-22-30(24-41-25-35)26-44-18-20-46-21-19-44/h11-12,14-15,22-25,28-29,36H,5-10,13,16-21,26-27H2,1-4H3,(H,42,45). The molecule has 2 aliphatic heterocycles. The second-order valence-corrected chi connectivity index (χ2v) is 14.0. The van der Waals surface area contributed by atoms with Gasteiger partial charge in [0.05, 0.1) is 13.2 Å². The molecule has 3 atom stereocenters. The first-order valence-electron chi connectivity index (χ1n) is 18.0. The third-order valence-corrected chi connectivity index (χ3v) is 11.0. The van der Waals surface area contributed by atoms with Crippen LogP contribution in [0.2, 0.25) is 0 Å². The summed E-state index contributed by atoms with van der Waals surface area (Å²) in [5, 5.41) is 3.52. The number of likely N-dealkylation sites (tertiary alicyclic amines) is 1. The molecule has 0 saturated carbocycles. The van der Waals surface area contributed by atoms with Crippen molar-refractivity contribution in [3.63, 3.8) is 0 Å². The Kier molecular flexibility index (Phi) is 10.9. The van der Waals surface area contributed by atoms with E-state index >= 15 is 0 Å². The van der Waals surface area contributed by atoms with E-state index in [0.717, 1.165) is 100 Å². The summed E-state index contributed by atoms with van der Waals surface area (Å²) in [7, 11) is 0. The SMILES string of the molecule is CCC1=C(CN2CCC2)C=CC(NC(=O)C2=C(CC)CCC(C)C(C)c3ccc(-c4cncc(CN5CCOCC5)c4)cc32)CC1. The summed E-state index contributed by atoms with van der Waals surface area (Å²) in [6.45, 7) is 17.0. The van der Waals surface area contributed by atoms with Crippen molar-refractivity contribution < 1.29 is 9.53 Å². The van der Waals surface area contributed by atoms with Crippen molar-refractivity contribution in [2.24, 2.45) is 5.92 Å². The first-order chi connectivity index (χ1) is 22.4. The van der Waals surface area contributed by atoms with E-state index in [1.54, 1.807) is 5.57 Å². The lowest BCUT2D eigenvalue weighted by Crippen LogP contribution is -2.38. The van der Waals surface area contributed by atoms with E-state index in [1.807, 2.05) is 12.4 Å². The number of carbonyl (C=O) groups is 1. The zero-order chi connectivity index (χ0) is 32.0. The molecular weight excluding hydrogens is 568 g/mol. The van der Waals surface area contributed by atoms with Crippen LogP contribution in [0.15, 0.2) is 65.5 Å². The van der Waals surface area contributed by atoms with Crippen molar-refractivity contribution in [1.82, 2.24) is 20.1 Å². The maximum Gasteiger partial charge on any atom is 0.252 e. The Labute approximate surface area is 277 Å². The largest absolute Gasteiger partial charge is 0.379 e. The molecule has 4 aliphatic rings. The van der Waals surface area contributed by atoms with Crippen molar-refractivity contribution in [2.45, 2.75) is 91.1 Å². The Balaban J connectivity index is 1.30. The maximum absolute atomic E-state index is 14.5. The molecule has 6 nitrogen and oxygen atoms in total. The highest BCUT2D eigenvalue weighted by Crippen LogP contribution is 2.41. The minimum Gasteiger partial charge on any atom is -0.379 e. The fourth-order valence-corrected chi connectivity index (χ4v) is 7.66. The lowest BCUT2D eigenvalue weighted by atomic mass is 9.76. The van der Waals surface area contributed by atoms with Gasteiger partial charge in [0.15, 0.2) is 0 Å². The van der Waals surface area contributed by atoms with E-state index in [2.05, 4.69) is 84.2 Å². The predicted molar refractivity (Wildman–Crippen MR) is 188 cm³/mol. The van der Waals surface area contributed by atoms with Crippen LogP contribution >= 0.6 is 0 Å². The molecule has 2 aromatic rings. The number of allylic oxidation sites excluding steroid dienone is 2. The van der Waals surface area contributed by atoms with Crippen LogP contribution in [0, 0.1) is 5.92 Å². The lowest BCUT2D eigenvalue weighted by Gasteiger charge is -2.31. The molecule has 2 fully saturated rings. The number of aromatic nitrogens is 1. The molecule has 6 rings (SSSR count). The van der Waals surface area contributed by atoms with Gasteiger partial charge in [-0.15, -0.1) is 0 Å². The molecule has 1 N–H and O–H groups in total. The van der Waals surface area contributed by atoms with E-state index in [9.17, 15) is 4.79 Å². The van der Waals surface area contributed by atoms with Crippen LogP contribution in [0.25, 0.3) is 16.7 Å². The average Bonchev–Trinajstić information content (AvgIpc) is 3.25. The van der Waals surface area contributed by atoms with E-state index in [-0.39, 0.29) is 11.9 Å². The second-order valence-electron chi connectivity index (χ2n) is 14.0. The van der Waals surface area contributed by atoms with Gasteiger partial charge in [-0.05, 0) is 110 Å². The van der Waals surface area contributed by atoms with Crippen LogP contribution < -0.4 is 5.32 Å². The molecular formula is C40H54N4O2. The van der Waals surface area contributed by atoms with Gasteiger partial charge >= 0.3 is 0 Å². The van der Waals surface area contributed by atoms with Crippen LogP contribution in [0.1, 0.15) is 95.2 Å². The molecule has 0 spiro atoms. The van der Waals surface area contributed by atoms with Gasteiger partial charge in [-0.1, -0.05) is 63.1 Å². The number of hydrogen-bond donors (Lipinski definition) is 1. The third-order valence-electron chi connectivity index (χ3n) is 11.0. The Hall–Kier alpha value is -3.06. The average molecular weight is 623 g/mol. The summed E-state index contributed by atoms with van der Waals surface area (Å²) in [6, 6.07) is 9.12. The highest BCUT2D eigenvalue weighted by Gasteiger charge is 2.29. The fraction of sp³-hybridized carbons (Fsp3) is 0.550. The zero-order valence-corrected chi connectivity index (χ0v) is 28.6. The third kappa shape index (κ3) is 7.56. The first kappa shape index (κ1) is 32.9. The lowest BCUT2D eigenvalue weighted by molar-refractivity contribution is -0.116. The number of nitrogens with zero attached hydrogens (tertiary/aromatic N) is 3. The van der Waals surface area contributed by atoms with Crippen molar-refractivity contribution in [3.05, 3.63) is 82.2 Å². The quantitative estimate of drug-likeness (QED) is 0.314. The molecule has 0 radical (unpaired) electrons. The molecule has 3 heterocycles. The molecule has 3 unspecified atom stereocenters. The summed E-state index contributed by atoms with van der Waals surface area (Å²) in [5.74, 6) is 0.992. The molecule has 2 aliphatic carbocycles. The minimum atomic E-state index is 0.0306. The number of fused-ring (bicyclic) bond motifs is 1. The van der Waals surface area contributed by atoms with Crippen molar-refractivity contribution >= 4 is 11.5 Å². The molecule has 46 heavy (non-hydrogen) atoms. The number of amides is 1. The number of benzene rings is 1. The maximum atomic E-state index is 14.5. The molecule has 1 aromatic carbocycles. The predicted octanol–water partition coefficient (Wildman–Crippen LogP) is 7.52. The van der Waals surface area contributed by atoms with Gasteiger partial charge in [-0.25, -0.2) is 0 Å². The second kappa shape index (κ2) is 15.2. The highest BCUT2D eigenvalue weighted by atomic mass is 16.5. The normalized spacial score (nSPS) is 24.6. The smallest absolute Gasteiger partial charge is 0.252 e. The Morgan fingerprint density at radius 2 is 1.67 bits per heavy atom. The van der Waals surface area contributed by atoms with Crippen LogP contribution in [0.4, 0.5) is 0 Å². The molecule has 1 amide bonds. The summed E-state index contributed by atoms with van der Waals surface area (Å²) in [5.41, 5.74) is 11.0. The van der Waals surface area contributed by atoms with Gasteiger partial charge in [0.2, 0.25) is 0 Å². The topological polar surface area (TPSA) is 57.7 Å². The summed E-state index contributed by atoms with van der Waals surface area (Å²) in [6.07, 6.45) is 15.9. The van der Waals surface area contributed by atoms with Gasteiger partial charge in [0.1, 0.15) is 0 Å². The van der Waals surface area contributed by atoms with Crippen molar-refractivity contribution in [1.29, 1.82) is 0 Å². The van der Waals surface area contributed by atoms with Crippen molar-refractivity contribution in [3.8, 4) is 11.1 Å². The Morgan fingerprint density at radius 1 is 0.913 bits per heavy atom. The van der Waals surface area contributed by atoms with Crippen molar-refractivity contribution in [2.75, 3.05) is 45.9 Å². The highest BCUT2D eigenvalue weighted by molar-refractivity contribution is 6.21. The molecule has 246 valence electrons. The zero-order valence-electron chi connectivity index (χ0n) is 28.6. The summed E-state index contributed by atoms with van der Waals surface area (Å²) in [4.78, 5) is 24.1. The number of ether oxygens (including phenoxy) is 1. The van der Waals surface area contributed by atoms with Gasteiger partial charge in [-0.2, -0.15) is 0 Å². The molecule has 1 aromatic heterocycles. The van der Waals surface area contributed by atoms with Crippen LogP contribution in [-0.4, -0.2) is 72.7 Å². The number of pyridine rings is 1. The van der Waals surface area contributed by atoms with Gasteiger partial charge < -0.3 is 10.1 Å². The van der Waals surface area contributed by atoms with E-state index in [1.165, 1.54) is 41.8 Å². The van der Waals surface area contributed by atoms with E-state index in [4.69, 9.17) is 4.74 Å². The molecule has 6 heteroatoms. The number of hydrogen-bond acceptors (Lipinski definition) is 5.